The monoisotopic (exact) mass is 291 g/mol. The van der Waals surface area contributed by atoms with E-state index in [1.807, 2.05) is 0 Å². The van der Waals surface area contributed by atoms with Crippen LogP contribution in [0.4, 0.5) is 13.2 Å². The van der Waals surface area contributed by atoms with Gasteiger partial charge in [-0.1, -0.05) is 0 Å². The molecule has 1 N–H and O–H groups in total. The number of nitrogens with zero attached hydrogens (tertiary/aromatic N) is 1. The first-order chi connectivity index (χ1) is 8.91. The SMILES string of the molecule is Cc1nc2c(COCCO)cc(C(F)(F)F)cc2s1. The fraction of sp³-hybridized carbons (Fsp3) is 0.417. The van der Waals surface area contributed by atoms with Gasteiger partial charge in [-0.05, 0) is 19.1 Å². The zero-order chi connectivity index (χ0) is 14.0. The molecule has 19 heavy (non-hydrogen) atoms. The highest BCUT2D eigenvalue weighted by Crippen LogP contribution is 2.35. The van der Waals surface area contributed by atoms with Crippen molar-refractivity contribution >= 4 is 21.6 Å². The Bertz CT molecular complexity index is 580. The first-order valence-electron chi connectivity index (χ1n) is 5.57. The van der Waals surface area contributed by atoms with Crippen molar-refractivity contribution in [1.82, 2.24) is 4.98 Å². The molecule has 0 bridgehead atoms. The van der Waals surface area contributed by atoms with Crippen LogP contribution in [0.3, 0.4) is 0 Å². The second-order valence-electron chi connectivity index (χ2n) is 3.99. The van der Waals surface area contributed by atoms with Crippen LogP contribution in [0.2, 0.25) is 0 Å². The second kappa shape index (κ2) is 5.44. The summed E-state index contributed by atoms with van der Waals surface area (Å²) in [6.07, 6.45) is -4.39. The standard InChI is InChI=1S/C12H12F3NO2S/c1-7-16-11-8(6-18-3-2-17)4-9(12(13,14)15)5-10(11)19-7/h4-5,17H,2-3,6H2,1H3. The lowest BCUT2D eigenvalue weighted by molar-refractivity contribution is -0.137. The van der Waals surface area contributed by atoms with Crippen LogP contribution in [0.25, 0.3) is 10.2 Å². The molecule has 1 aromatic carbocycles. The fourth-order valence-electron chi connectivity index (χ4n) is 1.73. The van der Waals surface area contributed by atoms with Crippen LogP contribution < -0.4 is 0 Å². The molecule has 0 aliphatic rings. The van der Waals surface area contributed by atoms with Crippen molar-refractivity contribution in [2.24, 2.45) is 0 Å². The van der Waals surface area contributed by atoms with Gasteiger partial charge in [0.25, 0.3) is 0 Å². The maximum atomic E-state index is 12.8. The van der Waals surface area contributed by atoms with Gasteiger partial charge in [-0.3, -0.25) is 0 Å². The molecule has 0 amide bonds. The van der Waals surface area contributed by atoms with E-state index in [2.05, 4.69) is 4.98 Å². The molecule has 0 radical (unpaired) electrons. The molecular formula is C12H12F3NO2S. The molecule has 0 aliphatic carbocycles. The van der Waals surface area contributed by atoms with E-state index >= 15 is 0 Å². The van der Waals surface area contributed by atoms with Crippen molar-refractivity contribution in [1.29, 1.82) is 0 Å². The number of aliphatic hydroxyl groups is 1. The van der Waals surface area contributed by atoms with Gasteiger partial charge in [-0.15, -0.1) is 11.3 Å². The highest BCUT2D eigenvalue weighted by atomic mass is 32.1. The van der Waals surface area contributed by atoms with Gasteiger partial charge in [0.15, 0.2) is 0 Å². The molecule has 104 valence electrons. The maximum absolute atomic E-state index is 12.8. The number of rotatable bonds is 4. The van der Waals surface area contributed by atoms with Gasteiger partial charge in [-0.25, -0.2) is 4.98 Å². The smallest absolute Gasteiger partial charge is 0.394 e. The van der Waals surface area contributed by atoms with Gasteiger partial charge in [-0.2, -0.15) is 13.2 Å². The minimum atomic E-state index is -4.39. The number of aliphatic hydroxyl groups excluding tert-OH is 1. The predicted octanol–water partition coefficient (Wildman–Crippen LogP) is 3.13. The van der Waals surface area contributed by atoms with Gasteiger partial charge >= 0.3 is 6.18 Å². The molecule has 1 aromatic heterocycles. The number of hydrogen-bond donors (Lipinski definition) is 1. The van der Waals surface area contributed by atoms with E-state index in [9.17, 15) is 13.2 Å². The molecule has 0 fully saturated rings. The molecule has 3 nitrogen and oxygen atoms in total. The van der Waals surface area contributed by atoms with Crippen molar-refractivity contribution in [3.63, 3.8) is 0 Å². The fourth-order valence-corrected chi connectivity index (χ4v) is 2.64. The Morgan fingerprint density at radius 2 is 2.11 bits per heavy atom. The number of aromatic nitrogens is 1. The summed E-state index contributed by atoms with van der Waals surface area (Å²) in [7, 11) is 0. The lowest BCUT2D eigenvalue weighted by Crippen LogP contribution is -2.07. The second-order valence-corrected chi connectivity index (χ2v) is 5.22. The number of halogens is 3. The van der Waals surface area contributed by atoms with E-state index in [1.54, 1.807) is 6.92 Å². The number of ether oxygens (including phenoxy) is 1. The quantitative estimate of drug-likeness (QED) is 0.880. The van der Waals surface area contributed by atoms with Crippen LogP contribution >= 0.6 is 11.3 Å². The minimum Gasteiger partial charge on any atom is -0.394 e. The Morgan fingerprint density at radius 1 is 1.37 bits per heavy atom. The topological polar surface area (TPSA) is 42.4 Å². The lowest BCUT2D eigenvalue weighted by atomic mass is 10.1. The summed E-state index contributed by atoms with van der Waals surface area (Å²) in [4.78, 5) is 4.22. The van der Waals surface area contributed by atoms with E-state index in [0.29, 0.717) is 20.8 Å². The average Bonchev–Trinajstić information content (AvgIpc) is 2.68. The highest BCUT2D eigenvalue weighted by Gasteiger charge is 2.31. The summed E-state index contributed by atoms with van der Waals surface area (Å²) in [5, 5.41) is 9.33. The van der Waals surface area contributed by atoms with Crippen molar-refractivity contribution in [2.45, 2.75) is 19.7 Å². The number of alkyl halides is 3. The van der Waals surface area contributed by atoms with Crippen molar-refractivity contribution < 1.29 is 23.0 Å². The largest absolute Gasteiger partial charge is 0.416 e. The van der Waals surface area contributed by atoms with Gasteiger partial charge in [0.1, 0.15) is 0 Å². The van der Waals surface area contributed by atoms with Crippen LogP contribution in [-0.2, 0) is 17.5 Å². The first kappa shape index (κ1) is 14.2. The van der Waals surface area contributed by atoms with Crippen molar-refractivity contribution in [2.75, 3.05) is 13.2 Å². The van der Waals surface area contributed by atoms with Gasteiger partial charge < -0.3 is 9.84 Å². The normalized spacial score (nSPS) is 12.3. The maximum Gasteiger partial charge on any atom is 0.416 e. The van der Waals surface area contributed by atoms with Gasteiger partial charge in [0.2, 0.25) is 0 Å². The van der Waals surface area contributed by atoms with Crippen LogP contribution in [-0.4, -0.2) is 23.3 Å². The number of aryl methyl sites for hydroxylation is 1. The summed E-state index contributed by atoms with van der Waals surface area (Å²) in [6.45, 7) is 1.67. The molecule has 0 aliphatic heterocycles. The van der Waals surface area contributed by atoms with E-state index in [-0.39, 0.29) is 19.8 Å². The van der Waals surface area contributed by atoms with E-state index in [0.717, 1.165) is 12.1 Å². The minimum absolute atomic E-state index is 0.00412. The summed E-state index contributed by atoms with van der Waals surface area (Å²) in [5.74, 6) is 0. The molecule has 0 spiro atoms. The molecule has 7 heteroatoms. The summed E-state index contributed by atoms with van der Waals surface area (Å²) < 4.78 is 44.0. The average molecular weight is 291 g/mol. The summed E-state index contributed by atoms with van der Waals surface area (Å²) in [6, 6.07) is 2.16. The zero-order valence-electron chi connectivity index (χ0n) is 10.1. The molecule has 0 atom stereocenters. The molecule has 1 heterocycles. The number of fused-ring (bicyclic) bond motifs is 1. The molecule has 2 rings (SSSR count). The molecule has 0 unspecified atom stereocenters. The van der Waals surface area contributed by atoms with E-state index in [4.69, 9.17) is 9.84 Å². The Morgan fingerprint density at radius 3 is 2.74 bits per heavy atom. The van der Waals surface area contributed by atoms with Gasteiger partial charge in [0, 0.05) is 5.56 Å². The third kappa shape index (κ3) is 3.23. The Hall–Kier alpha value is -1.18. The number of hydrogen-bond acceptors (Lipinski definition) is 4. The van der Waals surface area contributed by atoms with Crippen molar-refractivity contribution in [3.05, 3.63) is 28.3 Å². The lowest BCUT2D eigenvalue weighted by Gasteiger charge is -2.10. The predicted molar refractivity (Wildman–Crippen MR) is 66.1 cm³/mol. The number of thiazole rings is 1. The number of benzene rings is 1. The van der Waals surface area contributed by atoms with E-state index < -0.39 is 11.7 Å². The van der Waals surface area contributed by atoms with Crippen molar-refractivity contribution in [3.8, 4) is 0 Å². The Kier molecular flexibility index (Phi) is 4.07. The first-order valence-corrected chi connectivity index (χ1v) is 6.39. The zero-order valence-corrected chi connectivity index (χ0v) is 10.9. The molecule has 0 saturated carbocycles. The van der Waals surface area contributed by atoms with Crippen LogP contribution in [0.15, 0.2) is 12.1 Å². The summed E-state index contributed by atoms with van der Waals surface area (Å²) >= 11 is 1.22. The Balaban J connectivity index is 2.45. The third-order valence-corrected chi connectivity index (χ3v) is 3.42. The molecular weight excluding hydrogens is 279 g/mol. The molecule has 2 aromatic rings. The van der Waals surface area contributed by atoms with Gasteiger partial charge in [0.05, 0.1) is 40.6 Å². The Labute approximate surface area is 111 Å². The van der Waals surface area contributed by atoms with Crippen LogP contribution in [0.1, 0.15) is 16.1 Å². The van der Waals surface area contributed by atoms with Crippen LogP contribution in [0.5, 0.6) is 0 Å². The molecule has 0 saturated heterocycles. The highest BCUT2D eigenvalue weighted by molar-refractivity contribution is 7.18. The third-order valence-electron chi connectivity index (χ3n) is 2.50. The summed E-state index contributed by atoms with van der Waals surface area (Å²) in [5.41, 5.74) is 0.224. The van der Waals surface area contributed by atoms with E-state index in [1.165, 1.54) is 11.3 Å². The van der Waals surface area contributed by atoms with Crippen LogP contribution in [0, 0.1) is 6.92 Å².